The molecule has 0 fully saturated rings. The van der Waals surface area contributed by atoms with Gasteiger partial charge >= 0.3 is 6.18 Å². The number of rotatable bonds is 8. The molecule has 0 unspecified atom stereocenters. The second-order valence-corrected chi connectivity index (χ2v) is 9.13. The smallest absolute Gasteiger partial charge is 0.357 e. The average Bonchev–Trinajstić information content (AvgIpc) is 2.74. The Balaban J connectivity index is 2.45. The molecule has 2 aromatic rings. The third-order valence-corrected chi connectivity index (χ3v) is 5.99. The van der Waals surface area contributed by atoms with E-state index in [4.69, 9.17) is 0 Å². The zero-order valence-electron chi connectivity index (χ0n) is 18.1. The second kappa shape index (κ2) is 10.2. The highest BCUT2D eigenvalue weighted by Crippen LogP contribution is 2.32. The summed E-state index contributed by atoms with van der Waals surface area (Å²) in [6, 6.07) is 7.91. The van der Waals surface area contributed by atoms with Crippen molar-refractivity contribution in [1.82, 2.24) is 10.2 Å². The van der Waals surface area contributed by atoms with Crippen molar-refractivity contribution in [2.45, 2.75) is 25.7 Å². The lowest BCUT2D eigenvalue weighted by Gasteiger charge is -2.31. The van der Waals surface area contributed by atoms with Crippen molar-refractivity contribution in [2.75, 3.05) is 24.2 Å². The first-order valence-electron chi connectivity index (χ1n) is 9.65. The van der Waals surface area contributed by atoms with Crippen LogP contribution in [0.1, 0.15) is 18.1 Å². The van der Waals surface area contributed by atoms with E-state index in [0.29, 0.717) is 10.4 Å². The molecule has 0 aliphatic carbocycles. The van der Waals surface area contributed by atoms with Crippen LogP contribution in [-0.2, 0) is 32.3 Å². The molecular formula is C21H23F4N3O4S. The van der Waals surface area contributed by atoms with Crippen molar-refractivity contribution >= 4 is 27.5 Å². The van der Waals surface area contributed by atoms with Crippen LogP contribution >= 0.6 is 0 Å². The zero-order valence-corrected chi connectivity index (χ0v) is 18.9. The number of carbonyl (C=O) groups is 2. The number of halogens is 4. The Bertz CT molecular complexity index is 1120. The Kier molecular flexibility index (Phi) is 8.06. The van der Waals surface area contributed by atoms with Crippen molar-refractivity contribution in [1.29, 1.82) is 0 Å². The summed E-state index contributed by atoms with van der Waals surface area (Å²) in [5.74, 6) is -2.14. The largest absolute Gasteiger partial charge is 0.416 e. The molecule has 0 saturated carbocycles. The van der Waals surface area contributed by atoms with Crippen molar-refractivity contribution in [3.8, 4) is 0 Å². The van der Waals surface area contributed by atoms with Crippen LogP contribution in [0.25, 0.3) is 0 Å². The fourth-order valence-corrected chi connectivity index (χ4v) is 3.89. The molecule has 180 valence electrons. The van der Waals surface area contributed by atoms with Gasteiger partial charge in [-0.25, -0.2) is 12.8 Å². The van der Waals surface area contributed by atoms with Gasteiger partial charge in [0, 0.05) is 19.2 Å². The highest BCUT2D eigenvalue weighted by Gasteiger charge is 2.33. The second-order valence-electron chi connectivity index (χ2n) is 7.22. The minimum atomic E-state index is -4.73. The number of likely N-dealkylation sites (N-methyl/N-ethyl adjacent to an activating group) is 1. The highest BCUT2D eigenvalue weighted by molar-refractivity contribution is 7.92. The zero-order chi connectivity index (χ0) is 25.0. The van der Waals surface area contributed by atoms with Crippen LogP contribution in [0.5, 0.6) is 0 Å². The molecule has 2 rings (SSSR count). The number of nitrogens with zero attached hydrogens (tertiary/aromatic N) is 2. The standard InChI is InChI=1S/C21H23F4N3O4S/c1-14(20(30)26-2)27(12-15-7-4-5-10-18(15)22)19(29)13-28(33(3,31)32)17-9-6-8-16(11-17)21(23,24)25/h4-11,14H,12-13H2,1-3H3,(H,26,30)/t14-/m1/s1. The fourth-order valence-electron chi connectivity index (χ4n) is 3.05. The molecule has 0 saturated heterocycles. The summed E-state index contributed by atoms with van der Waals surface area (Å²) >= 11 is 0. The van der Waals surface area contributed by atoms with Gasteiger partial charge in [-0.3, -0.25) is 13.9 Å². The molecule has 0 bridgehead atoms. The summed E-state index contributed by atoms with van der Waals surface area (Å²) in [5, 5.41) is 2.36. The van der Waals surface area contributed by atoms with E-state index < -0.39 is 52.0 Å². The van der Waals surface area contributed by atoms with Crippen molar-refractivity contribution in [3.63, 3.8) is 0 Å². The average molecular weight is 489 g/mol. The Morgan fingerprint density at radius 3 is 2.27 bits per heavy atom. The topological polar surface area (TPSA) is 86.8 Å². The monoisotopic (exact) mass is 489 g/mol. The quantitative estimate of drug-likeness (QED) is 0.578. The summed E-state index contributed by atoms with van der Waals surface area (Å²) in [4.78, 5) is 26.3. The van der Waals surface area contributed by atoms with Crippen LogP contribution in [0.3, 0.4) is 0 Å². The van der Waals surface area contributed by atoms with Gasteiger partial charge in [0.1, 0.15) is 18.4 Å². The number of nitrogens with one attached hydrogen (secondary N) is 1. The molecule has 0 spiro atoms. The highest BCUT2D eigenvalue weighted by atomic mass is 32.2. The predicted molar refractivity (Wildman–Crippen MR) is 114 cm³/mol. The van der Waals surface area contributed by atoms with E-state index in [0.717, 1.165) is 35.4 Å². The molecule has 7 nitrogen and oxygen atoms in total. The summed E-state index contributed by atoms with van der Waals surface area (Å²) in [5.41, 5.74) is -1.39. The van der Waals surface area contributed by atoms with Gasteiger partial charge in [-0.15, -0.1) is 0 Å². The summed E-state index contributed by atoms with van der Waals surface area (Å²) in [6.45, 7) is 0.114. The van der Waals surface area contributed by atoms with Gasteiger partial charge in [0.2, 0.25) is 21.8 Å². The van der Waals surface area contributed by atoms with Crippen LogP contribution in [0, 0.1) is 5.82 Å². The number of sulfonamides is 1. The van der Waals surface area contributed by atoms with Crippen LogP contribution in [0.4, 0.5) is 23.2 Å². The summed E-state index contributed by atoms with van der Waals surface area (Å²) < 4.78 is 78.7. The van der Waals surface area contributed by atoms with Gasteiger partial charge in [0.15, 0.2) is 0 Å². The Labute approximate surface area is 189 Å². The van der Waals surface area contributed by atoms with E-state index in [-0.39, 0.29) is 17.8 Å². The summed E-state index contributed by atoms with van der Waals surface area (Å²) in [7, 11) is -2.87. The molecule has 12 heteroatoms. The maximum Gasteiger partial charge on any atom is 0.416 e. The normalized spacial score (nSPS) is 12.7. The minimum Gasteiger partial charge on any atom is -0.357 e. The predicted octanol–water partition coefficient (Wildman–Crippen LogP) is 2.77. The number of alkyl halides is 3. The molecule has 2 amide bonds. The number of hydrogen-bond acceptors (Lipinski definition) is 4. The Morgan fingerprint density at radius 2 is 1.73 bits per heavy atom. The van der Waals surface area contributed by atoms with Crippen LogP contribution < -0.4 is 9.62 Å². The van der Waals surface area contributed by atoms with Crippen LogP contribution in [0.15, 0.2) is 48.5 Å². The number of hydrogen-bond donors (Lipinski definition) is 1. The first kappa shape index (κ1) is 26.1. The van der Waals surface area contributed by atoms with Gasteiger partial charge < -0.3 is 10.2 Å². The molecule has 1 N–H and O–H groups in total. The molecular weight excluding hydrogens is 466 g/mol. The lowest BCUT2D eigenvalue weighted by molar-refractivity contribution is -0.139. The van der Waals surface area contributed by atoms with E-state index in [2.05, 4.69) is 5.32 Å². The molecule has 1 atom stereocenters. The van der Waals surface area contributed by atoms with E-state index >= 15 is 0 Å². The van der Waals surface area contributed by atoms with E-state index in [9.17, 15) is 35.6 Å². The lowest BCUT2D eigenvalue weighted by atomic mass is 10.1. The first-order chi connectivity index (χ1) is 15.3. The van der Waals surface area contributed by atoms with E-state index in [1.165, 1.54) is 32.2 Å². The molecule has 0 heterocycles. The number of benzene rings is 2. The number of carbonyl (C=O) groups excluding carboxylic acids is 2. The summed E-state index contributed by atoms with van der Waals surface area (Å²) in [6.07, 6.45) is -3.99. The van der Waals surface area contributed by atoms with Crippen LogP contribution in [0.2, 0.25) is 0 Å². The van der Waals surface area contributed by atoms with E-state index in [1.54, 1.807) is 0 Å². The van der Waals surface area contributed by atoms with Gasteiger partial charge in [-0.1, -0.05) is 24.3 Å². The number of amides is 2. The van der Waals surface area contributed by atoms with Gasteiger partial charge in [0.25, 0.3) is 0 Å². The maximum absolute atomic E-state index is 14.2. The molecule has 2 aromatic carbocycles. The first-order valence-corrected chi connectivity index (χ1v) is 11.5. The Hall–Kier alpha value is -3.15. The molecule has 33 heavy (non-hydrogen) atoms. The SMILES string of the molecule is CNC(=O)[C@@H](C)N(Cc1ccccc1F)C(=O)CN(c1cccc(C(F)(F)F)c1)S(C)(=O)=O. The minimum absolute atomic E-state index is 0.0755. The lowest BCUT2D eigenvalue weighted by Crippen LogP contribution is -2.50. The van der Waals surface area contributed by atoms with Gasteiger partial charge in [0.05, 0.1) is 17.5 Å². The fraction of sp³-hybridized carbons (Fsp3) is 0.333. The molecule has 0 aromatic heterocycles. The molecule has 0 aliphatic heterocycles. The molecule has 0 radical (unpaired) electrons. The van der Waals surface area contributed by atoms with Crippen molar-refractivity contribution in [3.05, 3.63) is 65.5 Å². The number of anilines is 1. The molecule has 0 aliphatic rings. The Morgan fingerprint density at radius 1 is 1.09 bits per heavy atom. The third-order valence-electron chi connectivity index (χ3n) is 4.85. The van der Waals surface area contributed by atoms with Gasteiger partial charge in [-0.05, 0) is 31.2 Å². The van der Waals surface area contributed by atoms with E-state index in [1.807, 2.05) is 0 Å². The van der Waals surface area contributed by atoms with Gasteiger partial charge in [-0.2, -0.15) is 13.2 Å². The van der Waals surface area contributed by atoms with Crippen LogP contribution in [-0.4, -0.2) is 51.0 Å². The third kappa shape index (κ3) is 6.67. The van der Waals surface area contributed by atoms with Crippen molar-refractivity contribution < 1.29 is 35.6 Å². The maximum atomic E-state index is 14.2. The van der Waals surface area contributed by atoms with Crippen molar-refractivity contribution in [2.24, 2.45) is 0 Å².